The summed E-state index contributed by atoms with van der Waals surface area (Å²) in [6, 6.07) is 2.03. The van der Waals surface area contributed by atoms with E-state index in [2.05, 4.69) is 43.6 Å². The Morgan fingerprint density at radius 2 is 2.15 bits per heavy atom. The van der Waals surface area contributed by atoms with Gasteiger partial charge in [-0.1, -0.05) is 6.92 Å². The van der Waals surface area contributed by atoms with Gasteiger partial charge in [-0.3, -0.25) is 0 Å². The van der Waals surface area contributed by atoms with Crippen LogP contribution in [0.15, 0.2) is 18.5 Å². The second-order valence-corrected chi connectivity index (χ2v) is 4.87. The van der Waals surface area contributed by atoms with Gasteiger partial charge < -0.3 is 14.8 Å². The molecular formula is C14H20N6. The Bertz CT molecular complexity index is 591. The third-order valence-corrected chi connectivity index (χ3v) is 3.50. The molecule has 0 fully saturated rings. The molecule has 3 rings (SSSR count). The van der Waals surface area contributed by atoms with E-state index in [-0.39, 0.29) is 0 Å². The van der Waals surface area contributed by atoms with Crippen LogP contribution in [0.5, 0.6) is 0 Å². The van der Waals surface area contributed by atoms with Crippen LogP contribution in [-0.2, 0) is 19.5 Å². The van der Waals surface area contributed by atoms with Gasteiger partial charge in [0.2, 0.25) is 0 Å². The third-order valence-electron chi connectivity index (χ3n) is 3.50. The molecule has 6 heteroatoms. The van der Waals surface area contributed by atoms with E-state index in [0.717, 1.165) is 55.9 Å². The first-order valence-electron chi connectivity index (χ1n) is 7.17. The number of anilines is 2. The standard InChI is InChI=1S/C14H20N6/c1-3-11-17-12(15-4-2)9-13(18-11)20-8-7-19-6-5-16-14(19)10-20/h5-6,9H,3-4,7-8,10H2,1-2H3,(H,15,17,18). The number of aryl methyl sites for hydroxylation is 1. The normalized spacial score (nSPS) is 14.2. The van der Waals surface area contributed by atoms with E-state index < -0.39 is 0 Å². The highest BCUT2D eigenvalue weighted by Crippen LogP contribution is 2.21. The highest BCUT2D eigenvalue weighted by molar-refractivity contribution is 5.49. The molecule has 2 aromatic rings. The quantitative estimate of drug-likeness (QED) is 0.917. The average Bonchev–Trinajstić information content (AvgIpc) is 2.94. The van der Waals surface area contributed by atoms with E-state index in [1.54, 1.807) is 0 Å². The zero-order valence-corrected chi connectivity index (χ0v) is 12.0. The lowest BCUT2D eigenvalue weighted by Crippen LogP contribution is -2.34. The van der Waals surface area contributed by atoms with Gasteiger partial charge in [-0.05, 0) is 6.92 Å². The number of fused-ring (bicyclic) bond motifs is 1. The van der Waals surface area contributed by atoms with Gasteiger partial charge in [0, 0.05) is 44.5 Å². The van der Waals surface area contributed by atoms with Gasteiger partial charge in [0.1, 0.15) is 23.3 Å². The maximum absolute atomic E-state index is 4.65. The lowest BCUT2D eigenvalue weighted by atomic mass is 10.3. The van der Waals surface area contributed by atoms with Gasteiger partial charge in [-0.25, -0.2) is 15.0 Å². The summed E-state index contributed by atoms with van der Waals surface area (Å²) in [4.78, 5) is 15.8. The van der Waals surface area contributed by atoms with Crippen LogP contribution in [-0.4, -0.2) is 32.6 Å². The molecule has 0 radical (unpaired) electrons. The Hall–Kier alpha value is -2.11. The minimum atomic E-state index is 0.804. The molecule has 0 unspecified atom stereocenters. The molecule has 1 N–H and O–H groups in total. The van der Waals surface area contributed by atoms with Crippen LogP contribution in [0.3, 0.4) is 0 Å². The first-order valence-corrected chi connectivity index (χ1v) is 7.17. The first-order chi connectivity index (χ1) is 9.80. The van der Waals surface area contributed by atoms with Gasteiger partial charge in [0.25, 0.3) is 0 Å². The predicted molar refractivity (Wildman–Crippen MR) is 78.9 cm³/mol. The number of imidazole rings is 1. The largest absolute Gasteiger partial charge is 0.370 e. The van der Waals surface area contributed by atoms with Crippen molar-refractivity contribution in [1.29, 1.82) is 0 Å². The van der Waals surface area contributed by atoms with Crippen LogP contribution in [0.1, 0.15) is 25.5 Å². The number of rotatable bonds is 4. The first kappa shape index (κ1) is 12.9. The molecule has 2 aromatic heterocycles. The summed E-state index contributed by atoms with van der Waals surface area (Å²) in [7, 11) is 0. The van der Waals surface area contributed by atoms with Gasteiger partial charge in [-0.15, -0.1) is 0 Å². The van der Waals surface area contributed by atoms with Crippen molar-refractivity contribution in [3.05, 3.63) is 30.1 Å². The van der Waals surface area contributed by atoms with Gasteiger partial charge in [0.15, 0.2) is 0 Å². The van der Waals surface area contributed by atoms with Crippen LogP contribution in [0, 0.1) is 0 Å². The van der Waals surface area contributed by atoms with E-state index in [1.807, 2.05) is 18.5 Å². The summed E-state index contributed by atoms with van der Waals surface area (Å²) in [6.07, 6.45) is 4.74. The molecule has 0 atom stereocenters. The summed E-state index contributed by atoms with van der Waals surface area (Å²) in [6.45, 7) is 7.73. The Morgan fingerprint density at radius 1 is 1.25 bits per heavy atom. The molecule has 0 aliphatic carbocycles. The number of nitrogens with one attached hydrogen (secondary N) is 1. The second kappa shape index (κ2) is 5.48. The predicted octanol–water partition coefficient (Wildman–Crippen LogP) is 1.69. The maximum Gasteiger partial charge on any atom is 0.134 e. The number of nitrogens with zero attached hydrogens (tertiary/aromatic N) is 5. The molecular weight excluding hydrogens is 252 g/mol. The summed E-state index contributed by atoms with van der Waals surface area (Å²) in [5.41, 5.74) is 0. The Kier molecular flexibility index (Phi) is 3.54. The smallest absolute Gasteiger partial charge is 0.134 e. The van der Waals surface area contributed by atoms with Gasteiger partial charge >= 0.3 is 0 Å². The Balaban J connectivity index is 1.88. The molecule has 3 heterocycles. The van der Waals surface area contributed by atoms with E-state index in [9.17, 15) is 0 Å². The SMILES string of the molecule is CCNc1cc(N2CCn3ccnc3C2)nc(CC)n1. The fraction of sp³-hybridized carbons (Fsp3) is 0.500. The van der Waals surface area contributed by atoms with Crippen LogP contribution in [0.4, 0.5) is 11.6 Å². The highest BCUT2D eigenvalue weighted by Gasteiger charge is 2.18. The molecule has 0 saturated heterocycles. The van der Waals surface area contributed by atoms with Crippen molar-refractivity contribution in [3.63, 3.8) is 0 Å². The zero-order valence-electron chi connectivity index (χ0n) is 12.0. The molecule has 0 amide bonds. The fourth-order valence-electron chi connectivity index (χ4n) is 2.44. The minimum Gasteiger partial charge on any atom is -0.370 e. The summed E-state index contributed by atoms with van der Waals surface area (Å²) >= 11 is 0. The van der Waals surface area contributed by atoms with Crippen LogP contribution in [0.25, 0.3) is 0 Å². The zero-order chi connectivity index (χ0) is 13.9. The second-order valence-electron chi connectivity index (χ2n) is 4.87. The van der Waals surface area contributed by atoms with Crippen molar-refractivity contribution in [1.82, 2.24) is 19.5 Å². The maximum atomic E-state index is 4.65. The summed E-state index contributed by atoms with van der Waals surface area (Å²) in [5.74, 6) is 3.87. The summed E-state index contributed by atoms with van der Waals surface area (Å²) < 4.78 is 2.20. The average molecular weight is 272 g/mol. The summed E-state index contributed by atoms with van der Waals surface area (Å²) in [5, 5.41) is 3.28. The molecule has 0 bridgehead atoms. The number of aromatic nitrogens is 4. The van der Waals surface area contributed by atoms with Crippen molar-refractivity contribution in [2.45, 2.75) is 33.4 Å². The van der Waals surface area contributed by atoms with Crippen molar-refractivity contribution in [3.8, 4) is 0 Å². The van der Waals surface area contributed by atoms with Crippen LogP contribution in [0.2, 0.25) is 0 Å². The van der Waals surface area contributed by atoms with Crippen molar-refractivity contribution >= 4 is 11.6 Å². The van der Waals surface area contributed by atoms with E-state index in [4.69, 9.17) is 0 Å². The van der Waals surface area contributed by atoms with E-state index in [1.165, 1.54) is 0 Å². The highest BCUT2D eigenvalue weighted by atomic mass is 15.3. The molecule has 1 aliphatic rings. The van der Waals surface area contributed by atoms with Gasteiger partial charge in [-0.2, -0.15) is 0 Å². The van der Waals surface area contributed by atoms with E-state index >= 15 is 0 Å². The molecule has 0 saturated carbocycles. The monoisotopic (exact) mass is 272 g/mol. The number of hydrogen-bond donors (Lipinski definition) is 1. The number of hydrogen-bond acceptors (Lipinski definition) is 5. The van der Waals surface area contributed by atoms with E-state index in [0.29, 0.717) is 0 Å². The van der Waals surface area contributed by atoms with Crippen LogP contribution >= 0.6 is 0 Å². The Labute approximate surface area is 118 Å². The molecule has 20 heavy (non-hydrogen) atoms. The lowest BCUT2D eigenvalue weighted by molar-refractivity contribution is 0.555. The lowest BCUT2D eigenvalue weighted by Gasteiger charge is -2.29. The molecule has 6 nitrogen and oxygen atoms in total. The molecule has 0 spiro atoms. The topological polar surface area (TPSA) is 58.9 Å². The van der Waals surface area contributed by atoms with Gasteiger partial charge in [0.05, 0.1) is 6.54 Å². The minimum absolute atomic E-state index is 0.804. The molecule has 106 valence electrons. The third kappa shape index (κ3) is 2.45. The van der Waals surface area contributed by atoms with Crippen molar-refractivity contribution in [2.75, 3.05) is 23.3 Å². The van der Waals surface area contributed by atoms with Crippen molar-refractivity contribution in [2.24, 2.45) is 0 Å². The molecule has 0 aromatic carbocycles. The van der Waals surface area contributed by atoms with Crippen LogP contribution < -0.4 is 10.2 Å². The fourth-order valence-corrected chi connectivity index (χ4v) is 2.44. The Morgan fingerprint density at radius 3 is 2.95 bits per heavy atom. The van der Waals surface area contributed by atoms with Crippen molar-refractivity contribution < 1.29 is 0 Å². The molecule has 1 aliphatic heterocycles.